The maximum absolute atomic E-state index is 13.2. The summed E-state index contributed by atoms with van der Waals surface area (Å²) in [5.74, 6) is -0.0951. The van der Waals surface area contributed by atoms with Crippen LogP contribution in [0.25, 0.3) is 0 Å². The van der Waals surface area contributed by atoms with Gasteiger partial charge in [0.15, 0.2) is 0 Å². The summed E-state index contributed by atoms with van der Waals surface area (Å²) in [5.41, 5.74) is 2.23. The molecule has 0 radical (unpaired) electrons. The highest BCUT2D eigenvalue weighted by atomic mass is 32.2. The number of likely N-dealkylation sites (tertiary alicyclic amines) is 1. The standard InChI is InChI=1S/C19H20N2O3S/c22-19(20-11-5-12-20)16-7-3-9-17(14-16)25(23,24)21-13-4-8-15-6-1-2-10-18(15)21/h1-3,6-7,9-10,14H,4-5,8,11-13H2. The molecule has 1 saturated heterocycles. The number of hydrogen-bond acceptors (Lipinski definition) is 3. The van der Waals surface area contributed by atoms with E-state index >= 15 is 0 Å². The lowest BCUT2D eigenvalue weighted by Crippen LogP contribution is -2.42. The molecule has 0 bridgehead atoms. The molecule has 0 atom stereocenters. The van der Waals surface area contributed by atoms with E-state index in [1.54, 1.807) is 23.1 Å². The summed E-state index contributed by atoms with van der Waals surface area (Å²) < 4.78 is 27.8. The van der Waals surface area contributed by atoms with Crippen LogP contribution in [0.4, 0.5) is 5.69 Å². The smallest absolute Gasteiger partial charge is 0.264 e. The lowest BCUT2D eigenvalue weighted by Gasteiger charge is -2.32. The van der Waals surface area contributed by atoms with Crippen molar-refractivity contribution >= 4 is 21.6 Å². The minimum atomic E-state index is -3.68. The Morgan fingerprint density at radius 2 is 1.72 bits per heavy atom. The lowest BCUT2D eigenvalue weighted by molar-refractivity contribution is 0.0651. The zero-order valence-electron chi connectivity index (χ0n) is 13.9. The summed E-state index contributed by atoms with van der Waals surface area (Å²) in [6, 6.07) is 14.0. The summed E-state index contributed by atoms with van der Waals surface area (Å²) in [4.78, 5) is 14.3. The van der Waals surface area contributed by atoms with Crippen molar-refractivity contribution < 1.29 is 13.2 Å². The first-order valence-electron chi connectivity index (χ1n) is 8.57. The van der Waals surface area contributed by atoms with E-state index in [0.29, 0.717) is 12.1 Å². The third-order valence-corrected chi connectivity index (χ3v) is 6.69. The number of hydrogen-bond donors (Lipinski definition) is 0. The van der Waals surface area contributed by atoms with Crippen LogP contribution in [0, 0.1) is 0 Å². The number of sulfonamides is 1. The van der Waals surface area contributed by atoms with Crippen molar-refractivity contribution in [3.63, 3.8) is 0 Å². The van der Waals surface area contributed by atoms with Gasteiger partial charge < -0.3 is 4.90 Å². The van der Waals surface area contributed by atoms with Gasteiger partial charge in [-0.05, 0) is 49.1 Å². The number of amides is 1. The number of rotatable bonds is 3. The molecule has 0 aromatic heterocycles. The normalized spacial score (nSPS) is 17.0. The Morgan fingerprint density at radius 1 is 0.920 bits per heavy atom. The topological polar surface area (TPSA) is 57.7 Å². The first-order chi connectivity index (χ1) is 12.1. The van der Waals surface area contributed by atoms with Gasteiger partial charge in [0.25, 0.3) is 15.9 Å². The van der Waals surface area contributed by atoms with Crippen molar-refractivity contribution in [3.8, 4) is 0 Å². The molecule has 130 valence electrons. The lowest BCUT2D eigenvalue weighted by atomic mass is 10.0. The largest absolute Gasteiger partial charge is 0.339 e. The maximum Gasteiger partial charge on any atom is 0.264 e. The van der Waals surface area contributed by atoms with E-state index in [2.05, 4.69) is 0 Å². The molecule has 5 nitrogen and oxygen atoms in total. The Morgan fingerprint density at radius 3 is 2.48 bits per heavy atom. The number of para-hydroxylation sites is 1. The third-order valence-electron chi connectivity index (χ3n) is 4.88. The molecule has 2 aliphatic rings. The number of carbonyl (C=O) groups excluding carboxylic acids is 1. The fourth-order valence-electron chi connectivity index (χ4n) is 3.37. The van der Waals surface area contributed by atoms with Gasteiger partial charge in [0.2, 0.25) is 0 Å². The van der Waals surface area contributed by atoms with Crippen LogP contribution in [0.3, 0.4) is 0 Å². The van der Waals surface area contributed by atoms with E-state index in [9.17, 15) is 13.2 Å². The molecule has 0 saturated carbocycles. The molecule has 1 fully saturated rings. The summed E-state index contributed by atoms with van der Waals surface area (Å²) in [6.45, 7) is 1.95. The number of benzene rings is 2. The molecule has 0 N–H and O–H groups in total. The average molecular weight is 356 g/mol. The summed E-state index contributed by atoms with van der Waals surface area (Å²) in [7, 11) is -3.68. The highest BCUT2D eigenvalue weighted by Crippen LogP contribution is 2.32. The first kappa shape index (κ1) is 16.1. The average Bonchev–Trinajstić information content (AvgIpc) is 2.60. The molecule has 1 amide bonds. The Kier molecular flexibility index (Phi) is 4.00. The second-order valence-corrected chi connectivity index (χ2v) is 8.35. The van der Waals surface area contributed by atoms with Gasteiger partial charge in [-0.1, -0.05) is 24.3 Å². The zero-order valence-corrected chi connectivity index (χ0v) is 14.7. The number of fused-ring (bicyclic) bond motifs is 1. The van der Waals surface area contributed by atoms with Gasteiger partial charge in [-0.15, -0.1) is 0 Å². The fourth-order valence-corrected chi connectivity index (χ4v) is 4.95. The molecule has 2 aromatic rings. The van der Waals surface area contributed by atoms with Crippen molar-refractivity contribution in [1.29, 1.82) is 0 Å². The number of anilines is 1. The van der Waals surface area contributed by atoms with E-state index in [4.69, 9.17) is 0 Å². The summed E-state index contributed by atoms with van der Waals surface area (Å²) in [6.07, 6.45) is 2.69. The molecular weight excluding hydrogens is 336 g/mol. The van der Waals surface area contributed by atoms with Gasteiger partial charge in [0.1, 0.15) is 0 Å². The molecule has 0 spiro atoms. The van der Waals surface area contributed by atoms with Gasteiger partial charge >= 0.3 is 0 Å². The minimum Gasteiger partial charge on any atom is -0.339 e. The van der Waals surface area contributed by atoms with Crippen LogP contribution < -0.4 is 4.31 Å². The SMILES string of the molecule is O=C(c1cccc(S(=O)(=O)N2CCCc3ccccc32)c1)N1CCC1. The van der Waals surface area contributed by atoms with Crippen molar-refractivity contribution in [1.82, 2.24) is 4.90 Å². The minimum absolute atomic E-state index is 0.0951. The zero-order chi connectivity index (χ0) is 17.4. The second-order valence-electron chi connectivity index (χ2n) is 6.48. The van der Waals surface area contributed by atoms with Gasteiger partial charge in [-0.2, -0.15) is 0 Å². The number of nitrogens with zero attached hydrogens (tertiary/aromatic N) is 2. The number of aryl methyl sites for hydroxylation is 1. The summed E-state index contributed by atoms with van der Waals surface area (Å²) in [5, 5.41) is 0. The molecule has 0 aliphatic carbocycles. The van der Waals surface area contributed by atoms with Crippen LogP contribution in [0.15, 0.2) is 53.4 Å². The van der Waals surface area contributed by atoms with Crippen molar-refractivity contribution in [2.24, 2.45) is 0 Å². The quantitative estimate of drug-likeness (QED) is 0.850. The molecule has 2 heterocycles. The monoisotopic (exact) mass is 356 g/mol. The Hall–Kier alpha value is -2.34. The predicted molar refractivity (Wildman–Crippen MR) is 96.3 cm³/mol. The second kappa shape index (κ2) is 6.19. The van der Waals surface area contributed by atoms with Gasteiger partial charge in [0, 0.05) is 25.2 Å². The fraction of sp³-hybridized carbons (Fsp3) is 0.316. The highest BCUT2D eigenvalue weighted by Gasteiger charge is 2.30. The van der Waals surface area contributed by atoms with Gasteiger partial charge in [0.05, 0.1) is 10.6 Å². The highest BCUT2D eigenvalue weighted by molar-refractivity contribution is 7.92. The van der Waals surface area contributed by atoms with E-state index in [0.717, 1.165) is 43.6 Å². The van der Waals surface area contributed by atoms with Crippen LogP contribution in [0.2, 0.25) is 0 Å². The Bertz CT molecular complexity index is 920. The molecule has 2 aromatic carbocycles. The van der Waals surface area contributed by atoms with Crippen LogP contribution in [-0.2, 0) is 16.4 Å². The van der Waals surface area contributed by atoms with E-state index in [-0.39, 0.29) is 10.8 Å². The molecule has 0 unspecified atom stereocenters. The van der Waals surface area contributed by atoms with Crippen molar-refractivity contribution in [2.45, 2.75) is 24.2 Å². The van der Waals surface area contributed by atoms with Crippen LogP contribution in [-0.4, -0.2) is 38.9 Å². The molecule has 6 heteroatoms. The predicted octanol–water partition coefficient (Wildman–Crippen LogP) is 2.67. The third kappa shape index (κ3) is 2.80. The van der Waals surface area contributed by atoms with Crippen molar-refractivity contribution in [2.75, 3.05) is 23.9 Å². The maximum atomic E-state index is 13.2. The van der Waals surface area contributed by atoms with Crippen LogP contribution in [0.5, 0.6) is 0 Å². The van der Waals surface area contributed by atoms with E-state index in [1.165, 1.54) is 10.4 Å². The Balaban J connectivity index is 1.71. The van der Waals surface area contributed by atoms with Gasteiger partial charge in [-0.25, -0.2) is 8.42 Å². The Labute approximate surface area is 147 Å². The molecule has 4 rings (SSSR count). The molecule has 25 heavy (non-hydrogen) atoms. The van der Waals surface area contributed by atoms with Crippen LogP contribution >= 0.6 is 0 Å². The van der Waals surface area contributed by atoms with Crippen molar-refractivity contribution in [3.05, 3.63) is 59.7 Å². The van der Waals surface area contributed by atoms with Gasteiger partial charge in [-0.3, -0.25) is 9.10 Å². The molecule has 2 aliphatic heterocycles. The van der Waals surface area contributed by atoms with E-state index in [1.807, 2.05) is 24.3 Å². The molecular formula is C19H20N2O3S. The number of carbonyl (C=O) groups is 1. The van der Waals surface area contributed by atoms with E-state index < -0.39 is 10.0 Å². The first-order valence-corrected chi connectivity index (χ1v) is 10.0. The summed E-state index contributed by atoms with van der Waals surface area (Å²) >= 11 is 0. The van der Waals surface area contributed by atoms with Crippen LogP contribution in [0.1, 0.15) is 28.8 Å².